The van der Waals surface area contributed by atoms with E-state index in [9.17, 15) is 23.5 Å². The quantitative estimate of drug-likeness (QED) is 0.524. The van der Waals surface area contributed by atoms with E-state index in [0.29, 0.717) is 37.6 Å². The summed E-state index contributed by atoms with van der Waals surface area (Å²) in [5, 5.41) is 9.36. The second-order valence-corrected chi connectivity index (χ2v) is 9.32. The number of rotatable bonds is 7. The standard InChI is InChI=1S/C26H29F2N5O3/c27-24(28)17-4-1-5-18(14-17)25(36)30-26-29-21-15-20(8-9-22(21)33(26)10-3-13-34)32-12-11-31(16-23(32)35)19-6-2-7-19/h1,4-5,8-9,14-15,19,24,34H,2-3,6-7,10-13,16H2,(H,29,30,36). The first-order chi connectivity index (χ1) is 17.4. The Labute approximate surface area is 206 Å². The summed E-state index contributed by atoms with van der Waals surface area (Å²) in [5.41, 5.74) is 2.29. The molecule has 1 saturated heterocycles. The molecule has 1 aliphatic heterocycles. The van der Waals surface area contributed by atoms with E-state index in [1.807, 2.05) is 18.2 Å². The minimum atomic E-state index is -2.68. The Balaban J connectivity index is 1.46. The third kappa shape index (κ3) is 4.83. The van der Waals surface area contributed by atoms with Crippen LogP contribution in [0.4, 0.5) is 14.5 Å². The van der Waals surface area contributed by atoms with E-state index < -0.39 is 12.3 Å². The number of fused-ring (bicyclic) bond motifs is 1. The van der Waals surface area contributed by atoms with E-state index in [0.717, 1.165) is 36.7 Å². The molecule has 2 heterocycles. The van der Waals surface area contributed by atoms with E-state index >= 15 is 0 Å². The van der Waals surface area contributed by atoms with Gasteiger partial charge < -0.3 is 19.6 Å². The first-order valence-corrected chi connectivity index (χ1v) is 12.3. The van der Waals surface area contributed by atoms with Gasteiger partial charge in [0.15, 0.2) is 0 Å². The van der Waals surface area contributed by atoms with Crippen molar-refractivity contribution in [2.75, 3.05) is 31.1 Å². The highest BCUT2D eigenvalue weighted by Crippen LogP contribution is 2.28. The number of amides is 2. The number of H-pyrrole nitrogens is 1. The van der Waals surface area contributed by atoms with Crippen molar-refractivity contribution in [3.63, 3.8) is 0 Å². The number of piperazine rings is 1. The maximum Gasteiger partial charge on any atom is 0.280 e. The number of alkyl halides is 2. The molecule has 0 bridgehead atoms. The summed E-state index contributed by atoms with van der Waals surface area (Å²) >= 11 is 0. The van der Waals surface area contributed by atoms with Crippen molar-refractivity contribution in [3.05, 3.63) is 59.2 Å². The molecule has 2 fully saturated rings. The van der Waals surface area contributed by atoms with Crippen molar-refractivity contribution in [3.8, 4) is 0 Å². The number of aromatic nitrogens is 2. The third-order valence-corrected chi connectivity index (χ3v) is 7.06. The maximum atomic E-state index is 13.1. The zero-order chi connectivity index (χ0) is 25.2. The number of hydrogen-bond donors (Lipinski definition) is 2. The van der Waals surface area contributed by atoms with Gasteiger partial charge in [0.2, 0.25) is 11.5 Å². The Hall–Kier alpha value is -3.37. The Morgan fingerprint density at radius 3 is 2.69 bits per heavy atom. The van der Waals surface area contributed by atoms with Gasteiger partial charge >= 0.3 is 0 Å². The van der Waals surface area contributed by atoms with Crippen LogP contribution in [0.15, 0.2) is 47.5 Å². The molecule has 36 heavy (non-hydrogen) atoms. The van der Waals surface area contributed by atoms with Gasteiger partial charge in [-0.2, -0.15) is 4.99 Å². The van der Waals surface area contributed by atoms with Gasteiger partial charge in [-0.05, 0) is 49.6 Å². The van der Waals surface area contributed by atoms with Crippen LogP contribution in [-0.2, 0) is 11.3 Å². The molecule has 3 aromatic rings. The van der Waals surface area contributed by atoms with Crippen LogP contribution in [0.3, 0.4) is 0 Å². The van der Waals surface area contributed by atoms with Crippen molar-refractivity contribution in [2.24, 2.45) is 4.99 Å². The topological polar surface area (TPSA) is 93.9 Å². The van der Waals surface area contributed by atoms with Crippen LogP contribution in [0, 0.1) is 0 Å². The second-order valence-electron chi connectivity index (χ2n) is 9.32. The van der Waals surface area contributed by atoms with Crippen LogP contribution in [-0.4, -0.2) is 63.7 Å². The lowest BCUT2D eigenvalue weighted by Gasteiger charge is -2.42. The normalized spacial score (nSPS) is 17.8. The minimum Gasteiger partial charge on any atom is -0.396 e. The van der Waals surface area contributed by atoms with Crippen LogP contribution in [0.2, 0.25) is 0 Å². The number of benzene rings is 2. The third-order valence-electron chi connectivity index (χ3n) is 7.06. The molecular weight excluding hydrogens is 468 g/mol. The number of nitrogens with one attached hydrogen (secondary N) is 1. The largest absolute Gasteiger partial charge is 0.396 e. The van der Waals surface area contributed by atoms with Crippen molar-refractivity contribution in [1.82, 2.24) is 14.5 Å². The van der Waals surface area contributed by atoms with Gasteiger partial charge in [-0.15, -0.1) is 0 Å². The first kappa shape index (κ1) is 24.3. The number of nitrogens with zero attached hydrogens (tertiary/aromatic N) is 4. The molecular formula is C26H29F2N5O3. The molecule has 2 aromatic carbocycles. The molecule has 8 nitrogen and oxygen atoms in total. The average Bonchev–Trinajstić information content (AvgIpc) is 3.17. The first-order valence-electron chi connectivity index (χ1n) is 12.3. The van der Waals surface area contributed by atoms with Gasteiger partial charge in [-0.25, -0.2) is 8.78 Å². The molecule has 10 heteroatoms. The van der Waals surface area contributed by atoms with Crippen LogP contribution in [0.5, 0.6) is 0 Å². The van der Waals surface area contributed by atoms with Gasteiger partial charge in [0.1, 0.15) is 0 Å². The summed E-state index contributed by atoms with van der Waals surface area (Å²) in [5.74, 6) is -0.587. The van der Waals surface area contributed by atoms with Crippen molar-refractivity contribution >= 4 is 28.5 Å². The smallest absolute Gasteiger partial charge is 0.280 e. The number of halogens is 2. The lowest BCUT2D eigenvalue weighted by atomic mass is 9.91. The number of aromatic amines is 1. The predicted molar refractivity (Wildman–Crippen MR) is 131 cm³/mol. The number of hydrogen-bond acceptors (Lipinski definition) is 4. The lowest BCUT2D eigenvalue weighted by Crippen LogP contribution is -2.55. The SMILES string of the molecule is O=C(/N=c1\[nH]c2cc(N3CCN(C4CCC4)CC3=O)ccc2n1CCCO)c1cccc(C(F)F)c1. The fourth-order valence-electron chi connectivity index (χ4n) is 4.87. The number of carbonyl (C=O) groups is 2. The van der Waals surface area contributed by atoms with Gasteiger partial charge in [0.25, 0.3) is 12.3 Å². The summed E-state index contributed by atoms with van der Waals surface area (Å²) in [6.07, 6.45) is 1.31. The molecule has 5 rings (SSSR count). The average molecular weight is 498 g/mol. The number of anilines is 1. The van der Waals surface area contributed by atoms with Crippen molar-refractivity contribution < 1.29 is 23.5 Å². The van der Waals surface area contributed by atoms with E-state index in [-0.39, 0.29) is 29.3 Å². The summed E-state index contributed by atoms with van der Waals surface area (Å²) < 4.78 is 27.9. The van der Waals surface area contributed by atoms with E-state index in [1.54, 1.807) is 9.47 Å². The molecule has 0 radical (unpaired) electrons. The van der Waals surface area contributed by atoms with Crippen LogP contribution in [0.25, 0.3) is 11.0 Å². The van der Waals surface area contributed by atoms with Crippen molar-refractivity contribution in [1.29, 1.82) is 0 Å². The lowest BCUT2D eigenvalue weighted by molar-refractivity contribution is -0.122. The van der Waals surface area contributed by atoms with Gasteiger partial charge in [-0.3, -0.25) is 14.5 Å². The summed E-state index contributed by atoms with van der Waals surface area (Å²) in [6, 6.07) is 11.4. The predicted octanol–water partition coefficient (Wildman–Crippen LogP) is 3.23. The monoisotopic (exact) mass is 497 g/mol. The second kappa shape index (κ2) is 10.3. The highest BCUT2D eigenvalue weighted by atomic mass is 19.3. The zero-order valence-electron chi connectivity index (χ0n) is 19.9. The van der Waals surface area contributed by atoms with Gasteiger partial charge in [0, 0.05) is 49.1 Å². The molecule has 0 atom stereocenters. The molecule has 0 unspecified atom stereocenters. The van der Waals surface area contributed by atoms with Crippen LogP contribution in [0.1, 0.15) is 48.0 Å². The number of aliphatic hydroxyl groups excluding tert-OH is 1. The van der Waals surface area contributed by atoms with Crippen LogP contribution >= 0.6 is 0 Å². The molecule has 1 aromatic heterocycles. The van der Waals surface area contributed by atoms with E-state index in [1.165, 1.54) is 24.6 Å². The Kier molecular flexibility index (Phi) is 6.97. The molecule has 190 valence electrons. The summed E-state index contributed by atoms with van der Waals surface area (Å²) in [7, 11) is 0. The molecule has 1 aliphatic carbocycles. The molecule has 2 N–H and O–H groups in total. The Morgan fingerprint density at radius 1 is 1.17 bits per heavy atom. The van der Waals surface area contributed by atoms with E-state index in [2.05, 4.69) is 14.9 Å². The number of imidazole rings is 1. The number of carbonyl (C=O) groups excluding carboxylic acids is 2. The molecule has 2 amide bonds. The van der Waals surface area contributed by atoms with Gasteiger partial charge in [-0.1, -0.05) is 18.6 Å². The highest BCUT2D eigenvalue weighted by molar-refractivity contribution is 5.97. The van der Waals surface area contributed by atoms with E-state index in [4.69, 9.17) is 0 Å². The summed E-state index contributed by atoms with van der Waals surface area (Å²) in [4.78, 5) is 37.1. The van der Waals surface area contributed by atoms with Crippen LogP contribution < -0.4 is 10.5 Å². The minimum absolute atomic E-state index is 0.0403. The molecule has 0 spiro atoms. The number of aliphatic hydroxyl groups is 1. The molecule has 1 saturated carbocycles. The fraction of sp³-hybridized carbons (Fsp3) is 0.423. The Bertz CT molecular complexity index is 1340. The fourth-order valence-corrected chi connectivity index (χ4v) is 4.87. The Morgan fingerprint density at radius 2 is 2.00 bits per heavy atom. The number of aryl methyl sites for hydroxylation is 1. The molecule has 2 aliphatic rings. The summed E-state index contributed by atoms with van der Waals surface area (Å²) in [6.45, 7) is 2.22. The van der Waals surface area contributed by atoms with Gasteiger partial charge in [0.05, 0.1) is 17.6 Å². The van der Waals surface area contributed by atoms with Crippen molar-refractivity contribution in [2.45, 2.75) is 44.7 Å². The highest BCUT2D eigenvalue weighted by Gasteiger charge is 2.32. The maximum absolute atomic E-state index is 13.1. The zero-order valence-corrected chi connectivity index (χ0v) is 19.9.